The third-order valence-electron chi connectivity index (χ3n) is 6.38. The molecule has 3 aromatic rings. The maximum Gasteiger partial charge on any atom is 0.346 e. The number of esters is 1. The van der Waals surface area contributed by atoms with Crippen LogP contribution in [-0.2, 0) is 0 Å². The highest BCUT2D eigenvalue weighted by Gasteiger charge is 2.24. The van der Waals surface area contributed by atoms with Crippen molar-refractivity contribution in [2.24, 2.45) is 5.92 Å². The van der Waals surface area contributed by atoms with E-state index in [0.717, 1.165) is 43.2 Å². The molecule has 0 amide bonds. The minimum atomic E-state index is -1.57. The van der Waals surface area contributed by atoms with Crippen molar-refractivity contribution in [2.45, 2.75) is 51.4 Å². The summed E-state index contributed by atoms with van der Waals surface area (Å²) in [7, 11) is 0. The minimum absolute atomic E-state index is 0.0226. The summed E-state index contributed by atoms with van der Waals surface area (Å²) < 4.78 is 60.7. The molecule has 0 unspecified atom stereocenters. The number of benzene rings is 3. The fourth-order valence-electron chi connectivity index (χ4n) is 4.65. The predicted molar refractivity (Wildman–Crippen MR) is 115 cm³/mol. The van der Waals surface area contributed by atoms with E-state index < -0.39 is 29.2 Å². The van der Waals surface area contributed by atoms with Gasteiger partial charge in [0, 0.05) is 5.39 Å². The number of hydrogen-bond donors (Lipinski definition) is 0. The number of carbonyl (C=O) groups excluding carboxylic acids is 1. The van der Waals surface area contributed by atoms with Crippen molar-refractivity contribution in [1.82, 2.24) is 0 Å². The van der Waals surface area contributed by atoms with Gasteiger partial charge < -0.3 is 4.74 Å². The van der Waals surface area contributed by atoms with Gasteiger partial charge in [-0.15, -0.1) is 0 Å². The Morgan fingerprint density at radius 2 is 1.66 bits per heavy atom. The smallest absolute Gasteiger partial charge is 0.346 e. The first-order valence-corrected chi connectivity index (χ1v) is 11.0. The van der Waals surface area contributed by atoms with E-state index >= 15 is 0 Å². The minimum Gasteiger partial charge on any atom is -0.423 e. The third kappa shape index (κ3) is 4.50. The van der Waals surface area contributed by atoms with Crippen LogP contribution >= 0.6 is 0 Å². The van der Waals surface area contributed by atoms with Crippen molar-refractivity contribution in [3.8, 4) is 5.75 Å². The van der Waals surface area contributed by atoms with E-state index in [1.807, 2.05) is 0 Å². The van der Waals surface area contributed by atoms with Crippen molar-refractivity contribution < 1.29 is 27.1 Å². The van der Waals surface area contributed by atoms with Crippen molar-refractivity contribution in [2.75, 3.05) is 0 Å². The van der Waals surface area contributed by atoms with E-state index in [1.54, 1.807) is 6.07 Å². The third-order valence-corrected chi connectivity index (χ3v) is 6.38. The molecule has 1 saturated carbocycles. The zero-order chi connectivity index (χ0) is 22.8. The first-order chi connectivity index (χ1) is 15.4. The van der Waals surface area contributed by atoms with Gasteiger partial charge in [-0.25, -0.2) is 22.4 Å². The van der Waals surface area contributed by atoms with Gasteiger partial charge in [0.2, 0.25) is 0 Å². The second kappa shape index (κ2) is 9.31. The van der Waals surface area contributed by atoms with Crippen molar-refractivity contribution >= 4 is 16.7 Å². The van der Waals surface area contributed by atoms with Gasteiger partial charge in [0.25, 0.3) is 0 Å². The topological polar surface area (TPSA) is 26.3 Å². The molecule has 0 spiro atoms. The Morgan fingerprint density at radius 3 is 2.34 bits per heavy atom. The molecule has 3 aromatic carbocycles. The number of hydrogen-bond acceptors (Lipinski definition) is 2. The van der Waals surface area contributed by atoms with E-state index in [2.05, 4.69) is 6.92 Å². The quantitative estimate of drug-likeness (QED) is 0.175. The second-order valence-corrected chi connectivity index (χ2v) is 8.50. The number of ether oxygens (including phenoxy) is 1. The average molecular weight is 444 g/mol. The number of halogens is 4. The van der Waals surface area contributed by atoms with Crippen LogP contribution in [0.5, 0.6) is 5.75 Å². The number of fused-ring (bicyclic) bond motifs is 1. The van der Waals surface area contributed by atoms with E-state index in [4.69, 9.17) is 4.74 Å². The number of carbonyl (C=O) groups is 1. The molecule has 1 aliphatic carbocycles. The summed E-state index contributed by atoms with van der Waals surface area (Å²) >= 11 is 0. The molecule has 4 rings (SSSR count). The highest BCUT2D eigenvalue weighted by Crippen LogP contribution is 2.38. The SMILES string of the molecule is CCCC1CCC(c2ccc(C(=O)Oc3ccc4c(F)c(F)c(F)cc4c3)c(F)c2)CC1. The maximum atomic E-state index is 14.7. The van der Waals surface area contributed by atoms with Crippen molar-refractivity contribution in [3.63, 3.8) is 0 Å². The van der Waals surface area contributed by atoms with Crippen LogP contribution in [0.25, 0.3) is 10.8 Å². The Labute approximate surface area is 184 Å². The molecule has 0 aliphatic heterocycles. The Balaban J connectivity index is 1.48. The molecule has 168 valence electrons. The molecular weight excluding hydrogens is 420 g/mol. The van der Waals surface area contributed by atoms with Crippen LogP contribution in [-0.4, -0.2) is 5.97 Å². The summed E-state index contributed by atoms with van der Waals surface area (Å²) in [6, 6.07) is 9.04. The molecule has 0 N–H and O–H groups in total. The van der Waals surface area contributed by atoms with Gasteiger partial charge in [0.05, 0.1) is 5.56 Å². The van der Waals surface area contributed by atoms with Crippen LogP contribution in [0.15, 0.2) is 42.5 Å². The molecule has 0 atom stereocenters. The van der Waals surface area contributed by atoms with Gasteiger partial charge in [-0.3, -0.25) is 0 Å². The molecule has 32 heavy (non-hydrogen) atoms. The molecule has 0 saturated heterocycles. The van der Waals surface area contributed by atoms with Gasteiger partial charge in [-0.2, -0.15) is 0 Å². The molecule has 2 nitrogen and oxygen atoms in total. The lowest BCUT2D eigenvalue weighted by atomic mass is 9.77. The zero-order valence-corrected chi connectivity index (χ0v) is 17.8. The van der Waals surface area contributed by atoms with Crippen molar-refractivity contribution in [1.29, 1.82) is 0 Å². The predicted octanol–water partition coefficient (Wildman–Crippen LogP) is 7.69. The summed E-state index contributed by atoms with van der Waals surface area (Å²) in [6.45, 7) is 2.19. The summed E-state index contributed by atoms with van der Waals surface area (Å²) in [5.74, 6) is -4.80. The van der Waals surface area contributed by atoms with E-state index in [0.29, 0.717) is 0 Å². The van der Waals surface area contributed by atoms with Gasteiger partial charge in [0.1, 0.15) is 11.6 Å². The standard InChI is InChI=1S/C26H24F4O2/c1-2-3-15-4-6-16(7-5-15)17-8-10-21(22(27)13-17)26(31)32-19-9-11-20-18(12-19)14-23(28)25(30)24(20)29/h8-16H,2-7H2,1H3. The Morgan fingerprint density at radius 1 is 0.906 bits per heavy atom. The zero-order valence-electron chi connectivity index (χ0n) is 17.8. The lowest BCUT2D eigenvalue weighted by Crippen LogP contribution is -2.15. The van der Waals surface area contributed by atoms with Crippen LogP contribution < -0.4 is 4.74 Å². The first kappa shape index (κ1) is 22.3. The van der Waals surface area contributed by atoms with E-state index in [9.17, 15) is 22.4 Å². The largest absolute Gasteiger partial charge is 0.423 e. The first-order valence-electron chi connectivity index (χ1n) is 11.0. The Hall–Kier alpha value is -2.89. The van der Waals surface area contributed by atoms with Crippen LogP contribution in [0.2, 0.25) is 0 Å². The molecule has 6 heteroatoms. The molecule has 1 aliphatic rings. The average Bonchev–Trinajstić information content (AvgIpc) is 2.78. The lowest BCUT2D eigenvalue weighted by Gasteiger charge is -2.28. The van der Waals surface area contributed by atoms with E-state index in [-0.39, 0.29) is 28.0 Å². The van der Waals surface area contributed by atoms with Gasteiger partial charge in [0.15, 0.2) is 17.5 Å². The summed E-state index contributed by atoms with van der Waals surface area (Å²) in [4.78, 5) is 12.5. The van der Waals surface area contributed by atoms with Crippen LogP contribution in [0, 0.1) is 29.2 Å². The molecule has 0 heterocycles. The van der Waals surface area contributed by atoms with Crippen LogP contribution in [0.4, 0.5) is 17.6 Å². The highest BCUT2D eigenvalue weighted by atomic mass is 19.2. The van der Waals surface area contributed by atoms with Gasteiger partial charge in [-0.1, -0.05) is 25.8 Å². The van der Waals surface area contributed by atoms with Crippen molar-refractivity contribution in [3.05, 3.63) is 76.9 Å². The normalized spacial score (nSPS) is 18.7. The Kier molecular flexibility index (Phi) is 6.49. The summed E-state index contributed by atoms with van der Waals surface area (Å²) in [5.41, 5.74) is 0.665. The molecule has 1 fully saturated rings. The van der Waals surface area contributed by atoms with Gasteiger partial charge in [-0.05, 0) is 84.9 Å². The molecule has 0 bridgehead atoms. The fraction of sp³-hybridized carbons (Fsp3) is 0.346. The fourth-order valence-corrected chi connectivity index (χ4v) is 4.65. The van der Waals surface area contributed by atoms with E-state index in [1.165, 1.54) is 43.2 Å². The summed E-state index contributed by atoms with van der Waals surface area (Å²) in [6.07, 6.45) is 6.71. The number of rotatable bonds is 5. The lowest BCUT2D eigenvalue weighted by molar-refractivity contribution is 0.0730. The Bertz CT molecular complexity index is 1150. The van der Waals surface area contributed by atoms with Crippen LogP contribution in [0.3, 0.4) is 0 Å². The summed E-state index contributed by atoms with van der Waals surface area (Å²) in [5, 5.41) is -0.117. The highest BCUT2D eigenvalue weighted by molar-refractivity contribution is 5.92. The van der Waals surface area contributed by atoms with Crippen LogP contribution in [0.1, 0.15) is 67.3 Å². The second-order valence-electron chi connectivity index (χ2n) is 8.50. The monoisotopic (exact) mass is 444 g/mol. The molecule has 0 aromatic heterocycles. The van der Waals surface area contributed by atoms with Gasteiger partial charge >= 0.3 is 5.97 Å². The molecule has 0 radical (unpaired) electrons. The maximum absolute atomic E-state index is 14.7. The molecular formula is C26H24F4O2.